The first kappa shape index (κ1) is 15.5. The molecule has 4 rings (SSSR count). The molecule has 0 saturated carbocycles. The fourth-order valence-corrected chi connectivity index (χ4v) is 3.01. The minimum atomic E-state index is -0.443. The number of aromatic amines is 2. The second-order valence-corrected chi connectivity index (χ2v) is 6.02. The molecule has 1 amide bonds. The molecule has 1 saturated heterocycles. The molecule has 1 unspecified atom stereocenters. The average Bonchev–Trinajstić information content (AvgIpc) is 3.08. The number of nitrogens with zero attached hydrogens (tertiary/aromatic N) is 3. The van der Waals surface area contributed by atoms with E-state index in [4.69, 9.17) is 4.74 Å². The summed E-state index contributed by atoms with van der Waals surface area (Å²) in [5.74, 6) is 0.367. The van der Waals surface area contributed by atoms with Gasteiger partial charge in [0.15, 0.2) is 0 Å². The Morgan fingerprint density at radius 2 is 2.24 bits per heavy atom. The van der Waals surface area contributed by atoms with E-state index in [0.717, 1.165) is 11.0 Å². The maximum absolute atomic E-state index is 12.8. The fraction of sp³-hybridized carbons (Fsp3) is 0.294. The highest BCUT2D eigenvalue weighted by Gasteiger charge is 2.28. The SMILES string of the molecule is Cc1cc(=O)[nH]c(C2CN(C(=O)c3ccc4nc[nH]c4c3)CCO2)n1. The van der Waals surface area contributed by atoms with Crippen molar-refractivity contribution in [2.75, 3.05) is 19.7 Å². The lowest BCUT2D eigenvalue weighted by Crippen LogP contribution is -2.43. The smallest absolute Gasteiger partial charge is 0.254 e. The Morgan fingerprint density at radius 1 is 1.36 bits per heavy atom. The van der Waals surface area contributed by atoms with Crippen molar-refractivity contribution >= 4 is 16.9 Å². The summed E-state index contributed by atoms with van der Waals surface area (Å²) in [6.07, 6.45) is 1.16. The molecule has 8 heteroatoms. The standard InChI is InChI=1S/C17H17N5O3/c1-10-6-15(23)21-16(20-10)14-8-22(4-5-25-14)17(24)11-2-3-12-13(7-11)19-9-18-12/h2-3,6-7,9,14H,4-5,8H2,1H3,(H,18,19)(H,20,21,23). The van der Waals surface area contributed by atoms with Crippen LogP contribution in [0.5, 0.6) is 0 Å². The molecule has 1 aliphatic rings. The number of benzene rings is 1. The van der Waals surface area contributed by atoms with Crippen molar-refractivity contribution in [3.63, 3.8) is 0 Å². The molecule has 2 aromatic heterocycles. The molecular formula is C17H17N5O3. The van der Waals surface area contributed by atoms with Crippen LogP contribution < -0.4 is 5.56 Å². The van der Waals surface area contributed by atoms with Crippen LogP contribution in [0.2, 0.25) is 0 Å². The highest BCUT2D eigenvalue weighted by atomic mass is 16.5. The lowest BCUT2D eigenvalue weighted by atomic mass is 10.1. The van der Waals surface area contributed by atoms with Crippen molar-refractivity contribution in [2.24, 2.45) is 0 Å². The van der Waals surface area contributed by atoms with Gasteiger partial charge in [-0.15, -0.1) is 0 Å². The predicted molar refractivity (Wildman–Crippen MR) is 90.3 cm³/mol. The van der Waals surface area contributed by atoms with E-state index in [0.29, 0.717) is 36.8 Å². The molecule has 0 radical (unpaired) electrons. The summed E-state index contributed by atoms with van der Waals surface area (Å²) < 4.78 is 5.71. The van der Waals surface area contributed by atoms with E-state index in [-0.39, 0.29) is 11.5 Å². The Kier molecular flexibility index (Phi) is 3.81. The molecule has 128 valence electrons. The van der Waals surface area contributed by atoms with Crippen LogP contribution in [0.15, 0.2) is 35.4 Å². The summed E-state index contributed by atoms with van der Waals surface area (Å²) in [4.78, 5) is 40.4. The molecule has 0 aliphatic carbocycles. The van der Waals surface area contributed by atoms with Crippen LogP contribution in [0.4, 0.5) is 0 Å². The van der Waals surface area contributed by atoms with Crippen molar-refractivity contribution < 1.29 is 9.53 Å². The van der Waals surface area contributed by atoms with E-state index in [9.17, 15) is 9.59 Å². The van der Waals surface area contributed by atoms with E-state index in [1.165, 1.54) is 6.07 Å². The Morgan fingerprint density at radius 3 is 3.08 bits per heavy atom. The first-order valence-corrected chi connectivity index (χ1v) is 8.02. The van der Waals surface area contributed by atoms with E-state index in [1.807, 2.05) is 6.07 Å². The monoisotopic (exact) mass is 339 g/mol. The number of nitrogens with one attached hydrogen (secondary N) is 2. The molecule has 1 fully saturated rings. The molecule has 8 nitrogen and oxygen atoms in total. The largest absolute Gasteiger partial charge is 0.367 e. The molecule has 1 atom stereocenters. The topological polar surface area (TPSA) is 104 Å². The summed E-state index contributed by atoms with van der Waals surface area (Å²) in [7, 11) is 0. The zero-order valence-electron chi connectivity index (χ0n) is 13.7. The van der Waals surface area contributed by atoms with Crippen LogP contribution in [0.1, 0.15) is 28.0 Å². The lowest BCUT2D eigenvalue weighted by molar-refractivity contribution is -0.0269. The minimum Gasteiger partial charge on any atom is -0.367 e. The lowest BCUT2D eigenvalue weighted by Gasteiger charge is -2.32. The Labute approximate surface area is 142 Å². The van der Waals surface area contributed by atoms with Crippen molar-refractivity contribution in [3.05, 3.63) is 58.0 Å². The van der Waals surface area contributed by atoms with E-state index >= 15 is 0 Å². The van der Waals surface area contributed by atoms with Gasteiger partial charge in [0.05, 0.1) is 30.5 Å². The number of hydrogen-bond donors (Lipinski definition) is 2. The highest BCUT2D eigenvalue weighted by molar-refractivity contribution is 5.97. The van der Waals surface area contributed by atoms with Gasteiger partial charge in [0.2, 0.25) is 0 Å². The van der Waals surface area contributed by atoms with Crippen LogP contribution in [0, 0.1) is 6.92 Å². The van der Waals surface area contributed by atoms with Gasteiger partial charge < -0.3 is 19.6 Å². The van der Waals surface area contributed by atoms with Gasteiger partial charge in [-0.3, -0.25) is 9.59 Å². The average molecular weight is 339 g/mol. The second kappa shape index (κ2) is 6.14. The number of morpholine rings is 1. The number of rotatable bonds is 2. The van der Waals surface area contributed by atoms with E-state index in [2.05, 4.69) is 19.9 Å². The third-order valence-electron chi connectivity index (χ3n) is 4.21. The summed E-state index contributed by atoms with van der Waals surface area (Å²) in [5, 5.41) is 0. The fourth-order valence-electron chi connectivity index (χ4n) is 3.01. The molecule has 2 N–H and O–H groups in total. The van der Waals surface area contributed by atoms with Gasteiger partial charge in [-0.1, -0.05) is 0 Å². The van der Waals surface area contributed by atoms with Gasteiger partial charge in [-0.2, -0.15) is 0 Å². The van der Waals surface area contributed by atoms with Crippen molar-refractivity contribution in [1.82, 2.24) is 24.8 Å². The minimum absolute atomic E-state index is 0.0835. The van der Waals surface area contributed by atoms with Gasteiger partial charge in [0.25, 0.3) is 11.5 Å². The van der Waals surface area contributed by atoms with Gasteiger partial charge >= 0.3 is 0 Å². The van der Waals surface area contributed by atoms with Gasteiger partial charge in [-0.05, 0) is 25.1 Å². The van der Waals surface area contributed by atoms with Gasteiger partial charge in [-0.25, -0.2) is 9.97 Å². The zero-order chi connectivity index (χ0) is 17.4. The summed E-state index contributed by atoms with van der Waals surface area (Å²) in [6.45, 7) is 2.98. The normalized spacial score (nSPS) is 17.8. The molecule has 3 aromatic rings. The van der Waals surface area contributed by atoms with Gasteiger partial charge in [0.1, 0.15) is 11.9 Å². The number of aryl methyl sites for hydroxylation is 1. The number of carbonyl (C=O) groups is 1. The molecule has 3 heterocycles. The molecule has 0 spiro atoms. The van der Waals surface area contributed by atoms with Crippen molar-refractivity contribution in [1.29, 1.82) is 0 Å². The number of fused-ring (bicyclic) bond motifs is 1. The van der Waals surface area contributed by atoms with Crippen LogP contribution in [-0.4, -0.2) is 50.4 Å². The summed E-state index contributed by atoms with van der Waals surface area (Å²) in [5.41, 5.74) is 2.62. The molecule has 25 heavy (non-hydrogen) atoms. The van der Waals surface area contributed by atoms with Crippen molar-refractivity contribution in [3.8, 4) is 0 Å². The molecule has 0 bridgehead atoms. The number of H-pyrrole nitrogens is 2. The maximum Gasteiger partial charge on any atom is 0.254 e. The number of carbonyl (C=O) groups excluding carboxylic acids is 1. The van der Waals surface area contributed by atoms with Crippen molar-refractivity contribution in [2.45, 2.75) is 13.0 Å². The maximum atomic E-state index is 12.8. The summed E-state index contributed by atoms with van der Waals surface area (Å²) in [6, 6.07) is 6.80. The van der Waals surface area contributed by atoms with Gasteiger partial charge in [0, 0.05) is 23.9 Å². The Bertz CT molecular complexity index is 993. The number of aromatic nitrogens is 4. The first-order chi connectivity index (χ1) is 12.1. The molecule has 1 aliphatic heterocycles. The number of imidazole rings is 1. The van der Waals surface area contributed by atoms with E-state index < -0.39 is 6.10 Å². The Balaban J connectivity index is 1.57. The number of ether oxygens (including phenoxy) is 1. The van der Waals surface area contributed by atoms with E-state index in [1.54, 1.807) is 30.3 Å². The zero-order valence-corrected chi connectivity index (χ0v) is 13.7. The number of hydrogen-bond acceptors (Lipinski definition) is 5. The van der Waals surface area contributed by atoms with Crippen LogP contribution in [0.3, 0.4) is 0 Å². The number of amides is 1. The predicted octanol–water partition coefficient (Wildman–Crippen LogP) is 1.17. The third kappa shape index (κ3) is 3.03. The summed E-state index contributed by atoms with van der Waals surface area (Å²) >= 11 is 0. The third-order valence-corrected chi connectivity index (χ3v) is 4.21. The molecular weight excluding hydrogens is 322 g/mol. The Hall–Kier alpha value is -3.00. The molecule has 1 aromatic carbocycles. The van der Waals surface area contributed by atoms with Crippen LogP contribution in [0.25, 0.3) is 11.0 Å². The van der Waals surface area contributed by atoms with Crippen LogP contribution in [-0.2, 0) is 4.74 Å². The highest BCUT2D eigenvalue weighted by Crippen LogP contribution is 2.21. The second-order valence-electron chi connectivity index (χ2n) is 6.02. The quantitative estimate of drug-likeness (QED) is 0.729. The van der Waals surface area contributed by atoms with Crippen LogP contribution >= 0.6 is 0 Å². The first-order valence-electron chi connectivity index (χ1n) is 8.02.